The molecule has 100 valence electrons. The van der Waals surface area contributed by atoms with E-state index in [0.29, 0.717) is 11.4 Å². The number of nitrogens with one attached hydrogen (secondary N) is 1. The Morgan fingerprint density at radius 2 is 1.84 bits per heavy atom. The third kappa shape index (κ3) is 3.12. The molecule has 1 aromatic carbocycles. The van der Waals surface area contributed by atoms with Gasteiger partial charge in [-0.2, -0.15) is 18.3 Å². The third-order valence-electron chi connectivity index (χ3n) is 2.33. The molecule has 1 heterocycles. The molecule has 0 fully saturated rings. The minimum absolute atomic E-state index is 0.216. The van der Waals surface area contributed by atoms with Crippen molar-refractivity contribution in [2.75, 3.05) is 5.32 Å². The lowest BCUT2D eigenvalue weighted by atomic mass is 10.3. The summed E-state index contributed by atoms with van der Waals surface area (Å²) in [7, 11) is 0. The molecular weight excluding hydrogens is 259 g/mol. The lowest BCUT2D eigenvalue weighted by Gasteiger charge is -2.05. The van der Waals surface area contributed by atoms with E-state index < -0.39 is 11.9 Å². The molecule has 0 aliphatic heterocycles. The number of nitrogens with zero attached hydrogens (tertiary/aromatic N) is 2. The van der Waals surface area contributed by atoms with Crippen molar-refractivity contribution >= 4 is 11.6 Å². The van der Waals surface area contributed by atoms with Gasteiger partial charge in [-0.25, -0.2) is 4.68 Å². The van der Waals surface area contributed by atoms with E-state index in [1.165, 1.54) is 13.1 Å². The summed E-state index contributed by atoms with van der Waals surface area (Å²) in [5, 5.41) is 6.01. The molecule has 2 rings (SSSR count). The maximum atomic E-state index is 12.4. The van der Waals surface area contributed by atoms with E-state index in [4.69, 9.17) is 0 Å². The highest BCUT2D eigenvalue weighted by molar-refractivity contribution is 5.88. The lowest BCUT2D eigenvalue weighted by Crippen LogP contribution is -2.07. The Hall–Kier alpha value is -2.31. The number of carbonyl (C=O) groups excluding carboxylic acids is 1. The van der Waals surface area contributed by atoms with Crippen LogP contribution in [0.25, 0.3) is 5.69 Å². The monoisotopic (exact) mass is 269 g/mol. The Morgan fingerprint density at radius 3 is 2.32 bits per heavy atom. The van der Waals surface area contributed by atoms with Crippen LogP contribution in [-0.2, 0) is 11.0 Å². The van der Waals surface area contributed by atoms with E-state index in [-0.39, 0.29) is 5.91 Å². The van der Waals surface area contributed by atoms with Crippen LogP contribution in [0.5, 0.6) is 0 Å². The SMILES string of the molecule is CC(=O)Nc1ccc(-n2ccc(C(F)(F)F)n2)cc1. The minimum Gasteiger partial charge on any atom is -0.326 e. The second kappa shape index (κ2) is 4.75. The normalized spacial score (nSPS) is 11.4. The van der Waals surface area contributed by atoms with Crippen molar-refractivity contribution in [3.05, 3.63) is 42.2 Å². The number of alkyl halides is 3. The standard InChI is InChI=1S/C12H10F3N3O/c1-8(19)16-9-2-4-10(5-3-9)18-7-6-11(17-18)12(13,14)15/h2-7H,1H3,(H,16,19). The summed E-state index contributed by atoms with van der Waals surface area (Å²) >= 11 is 0. The summed E-state index contributed by atoms with van der Waals surface area (Å²) in [5.41, 5.74) is 0.0995. The summed E-state index contributed by atoms with van der Waals surface area (Å²) in [6.07, 6.45) is -3.22. The van der Waals surface area contributed by atoms with Gasteiger partial charge in [-0.05, 0) is 30.3 Å². The summed E-state index contributed by atoms with van der Waals surface area (Å²) in [6, 6.07) is 7.22. The van der Waals surface area contributed by atoms with Crippen LogP contribution in [0, 0.1) is 0 Å². The number of carbonyl (C=O) groups is 1. The predicted molar refractivity (Wildman–Crippen MR) is 62.9 cm³/mol. The number of halogens is 3. The quantitative estimate of drug-likeness (QED) is 0.911. The number of anilines is 1. The number of aromatic nitrogens is 2. The van der Waals surface area contributed by atoms with Gasteiger partial charge in [-0.15, -0.1) is 0 Å². The van der Waals surface area contributed by atoms with E-state index in [2.05, 4.69) is 10.4 Å². The zero-order valence-corrected chi connectivity index (χ0v) is 9.90. The molecule has 0 radical (unpaired) electrons. The molecule has 0 spiro atoms. The average molecular weight is 269 g/mol. The Labute approximate surface area is 106 Å². The molecule has 2 aromatic rings. The van der Waals surface area contributed by atoms with Crippen molar-refractivity contribution in [1.82, 2.24) is 9.78 Å². The highest BCUT2D eigenvalue weighted by Gasteiger charge is 2.33. The second-order valence-electron chi connectivity index (χ2n) is 3.87. The Morgan fingerprint density at radius 1 is 1.21 bits per heavy atom. The Bertz CT molecular complexity index is 587. The van der Waals surface area contributed by atoms with E-state index in [9.17, 15) is 18.0 Å². The van der Waals surface area contributed by atoms with E-state index >= 15 is 0 Å². The lowest BCUT2D eigenvalue weighted by molar-refractivity contribution is -0.141. The van der Waals surface area contributed by atoms with Crippen LogP contribution in [0.3, 0.4) is 0 Å². The molecule has 0 aliphatic carbocycles. The molecule has 0 aliphatic rings. The first-order chi connectivity index (χ1) is 8.86. The number of rotatable bonds is 2. The molecule has 1 aromatic heterocycles. The molecule has 4 nitrogen and oxygen atoms in total. The van der Waals surface area contributed by atoms with Gasteiger partial charge in [-0.3, -0.25) is 4.79 Å². The fraction of sp³-hybridized carbons (Fsp3) is 0.167. The van der Waals surface area contributed by atoms with Gasteiger partial charge in [0.2, 0.25) is 5.91 Å². The van der Waals surface area contributed by atoms with Crippen LogP contribution >= 0.6 is 0 Å². The smallest absolute Gasteiger partial charge is 0.326 e. The van der Waals surface area contributed by atoms with Crippen LogP contribution in [-0.4, -0.2) is 15.7 Å². The highest BCUT2D eigenvalue weighted by Crippen LogP contribution is 2.27. The zero-order chi connectivity index (χ0) is 14.0. The minimum atomic E-state index is -4.46. The number of benzene rings is 1. The summed E-state index contributed by atoms with van der Waals surface area (Å²) in [5.74, 6) is -0.216. The molecule has 0 saturated carbocycles. The molecule has 1 amide bonds. The fourth-order valence-corrected chi connectivity index (χ4v) is 1.52. The topological polar surface area (TPSA) is 46.9 Å². The Kier molecular flexibility index (Phi) is 3.28. The number of hydrogen-bond donors (Lipinski definition) is 1. The number of amides is 1. The van der Waals surface area contributed by atoms with Crippen molar-refractivity contribution in [2.45, 2.75) is 13.1 Å². The van der Waals surface area contributed by atoms with Crippen molar-refractivity contribution in [3.63, 3.8) is 0 Å². The second-order valence-corrected chi connectivity index (χ2v) is 3.87. The van der Waals surface area contributed by atoms with E-state index in [1.54, 1.807) is 24.3 Å². The summed E-state index contributed by atoms with van der Waals surface area (Å²) < 4.78 is 38.3. The summed E-state index contributed by atoms with van der Waals surface area (Å²) in [6.45, 7) is 1.37. The number of hydrogen-bond acceptors (Lipinski definition) is 2. The molecule has 0 saturated heterocycles. The van der Waals surface area contributed by atoms with Gasteiger partial charge in [0, 0.05) is 18.8 Å². The van der Waals surface area contributed by atoms with E-state index in [1.807, 2.05) is 0 Å². The van der Waals surface area contributed by atoms with Crippen molar-refractivity contribution in [2.24, 2.45) is 0 Å². The van der Waals surface area contributed by atoms with Crippen molar-refractivity contribution in [1.29, 1.82) is 0 Å². The summed E-state index contributed by atoms with van der Waals surface area (Å²) in [4.78, 5) is 10.8. The highest BCUT2D eigenvalue weighted by atomic mass is 19.4. The first kappa shape index (κ1) is 13.1. The van der Waals surface area contributed by atoms with Gasteiger partial charge in [0.15, 0.2) is 5.69 Å². The van der Waals surface area contributed by atoms with Crippen LogP contribution < -0.4 is 5.32 Å². The molecule has 0 atom stereocenters. The first-order valence-corrected chi connectivity index (χ1v) is 5.37. The molecule has 1 N–H and O–H groups in total. The van der Waals surface area contributed by atoms with E-state index in [0.717, 1.165) is 10.7 Å². The fourth-order valence-electron chi connectivity index (χ4n) is 1.52. The van der Waals surface area contributed by atoms with Crippen LogP contribution in [0.1, 0.15) is 12.6 Å². The maximum absolute atomic E-state index is 12.4. The maximum Gasteiger partial charge on any atom is 0.435 e. The average Bonchev–Trinajstić information content (AvgIpc) is 2.78. The van der Waals surface area contributed by atoms with Crippen molar-refractivity contribution in [3.8, 4) is 5.69 Å². The van der Waals surface area contributed by atoms with Gasteiger partial charge in [0.25, 0.3) is 0 Å². The zero-order valence-electron chi connectivity index (χ0n) is 9.90. The van der Waals surface area contributed by atoms with Crippen LogP contribution in [0.15, 0.2) is 36.5 Å². The van der Waals surface area contributed by atoms with Crippen LogP contribution in [0.2, 0.25) is 0 Å². The molecule has 7 heteroatoms. The third-order valence-corrected chi connectivity index (χ3v) is 2.33. The predicted octanol–water partition coefficient (Wildman–Crippen LogP) is 2.85. The van der Waals surface area contributed by atoms with Crippen LogP contribution in [0.4, 0.5) is 18.9 Å². The molecule has 0 unspecified atom stereocenters. The van der Waals surface area contributed by atoms with Gasteiger partial charge < -0.3 is 5.32 Å². The van der Waals surface area contributed by atoms with Gasteiger partial charge >= 0.3 is 6.18 Å². The first-order valence-electron chi connectivity index (χ1n) is 5.37. The van der Waals surface area contributed by atoms with Gasteiger partial charge in [0.1, 0.15) is 0 Å². The van der Waals surface area contributed by atoms with Gasteiger partial charge in [0.05, 0.1) is 5.69 Å². The molecule has 19 heavy (non-hydrogen) atoms. The Balaban J connectivity index is 2.23. The largest absolute Gasteiger partial charge is 0.435 e. The molecular formula is C12H10F3N3O. The van der Waals surface area contributed by atoms with Crippen molar-refractivity contribution < 1.29 is 18.0 Å². The van der Waals surface area contributed by atoms with Gasteiger partial charge in [-0.1, -0.05) is 0 Å². The molecule has 0 bridgehead atoms.